The van der Waals surface area contributed by atoms with E-state index in [1.807, 2.05) is 0 Å². The predicted molar refractivity (Wildman–Crippen MR) is 111 cm³/mol. The molecule has 0 saturated heterocycles. The maximum atomic E-state index is 10.4. The minimum Gasteiger partial charge on any atom is -0.289 e. The van der Waals surface area contributed by atoms with Gasteiger partial charge < -0.3 is 0 Å². The van der Waals surface area contributed by atoms with E-state index >= 15 is 0 Å². The molecule has 2 aromatic carbocycles. The van der Waals surface area contributed by atoms with Crippen LogP contribution in [-0.4, -0.2) is 23.6 Å². The molecule has 0 radical (unpaired) electrons. The molecule has 6 nitrogen and oxygen atoms in total. The number of fused-ring (bicyclic) bond motifs is 4. The van der Waals surface area contributed by atoms with Gasteiger partial charge in [0, 0.05) is 23.3 Å². The third kappa shape index (κ3) is 4.73. The Balaban J connectivity index is 0.000000159. The predicted octanol–water partition coefficient (Wildman–Crippen LogP) is 3.15. The van der Waals surface area contributed by atoms with Crippen molar-refractivity contribution in [2.24, 2.45) is 0 Å². The van der Waals surface area contributed by atoms with E-state index in [-0.39, 0.29) is 31.1 Å². The highest BCUT2D eigenvalue weighted by Crippen LogP contribution is 2.46. The van der Waals surface area contributed by atoms with E-state index in [0.29, 0.717) is 11.1 Å². The zero-order valence-electron chi connectivity index (χ0n) is 15.4. The van der Waals surface area contributed by atoms with Crippen molar-refractivity contribution in [1.29, 1.82) is 0 Å². The van der Waals surface area contributed by atoms with Gasteiger partial charge in [-0.3, -0.25) is 29.8 Å². The first-order valence-corrected chi connectivity index (χ1v) is 8.63. The SMILES string of the molecule is C.CC1=CC(=O)NC1=O.CC1=CC(=O)NC1=O.c1ccc2c(c1)-c1ccccc1-2. The maximum Gasteiger partial charge on any atom is 0.253 e. The van der Waals surface area contributed by atoms with E-state index in [9.17, 15) is 19.2 Å². The van der Waals surface area contributed by atoms with Gasteiger partial charge in [0.25, 0.3) is 23.6 Å². The monoisotopic (exact) mass is 390 g/mol. The minimum absolute atomic E-state index is 0. The molecule has 0 bridgehead atoms. The van der Waals surface area contributed by atoms with Crippen molar-refractivity contribution in [2.45, 2.75) is 21.3 Å². The van der Waals surface area contributed by atoms with E-state index in [4.69, 9.17) is 0 Å². The lowest BCUT2D eigenvalue weighted by Gasteiger charge is -2.22. The Morgan fingerprint density at radius 2 is 0.828 bits per heavy atom. The van der Waals surface area contributed by atoms with Crippen LogP contribution < -0.4 is 10.6 Å². The number of carbonyl (C=O) groups excluding carboxylic acids is 4. The van der Waals surface area contributed by atoms with Gasteiger partial charge in [-0.05, 0) is 36.1 Å². The van der Waals surface area contributed by atoms with Gasteiger partial charge in [0.1, 0.15) is 0 Å². The van der Waals surface area contributed by atoms with Crippen molar-refractivity contribution >= 4 is 23.6 Å². The zero-order valence-corrected chi connectivity index (χ0v) is 15.4. The van der Waals surface area contributed by atoms with Crippen molar-refractivity contribution in [3.8, 4) is 22.3 Å². The lowest BCUT2D eigenvalue weighted by molar-refractivity contribution is -0.125. The number of carbonyl (C=O) groups is 4. The summed E-state index contributed by atoms with van der Waals surface area (Å²) >= 11 is 0. The van der Waals surface area contributed by atoms with Crippen LogP contribution in [0.3, 0.4) is 0 Å². The van der Waals surface area contributed by atoms with Crippen LogP contribution >= 0.6 is 0 Å². The summed E-state index contributed by atoms with van der Waals surface area (Å²) in [7, 11) is 0. The van der Waals surface area contributed by atoms with Crippen LogP contribution in [-0.2, 0) is 19.2 Å². The molecule has 29 heavy (non-hydrogen) atoms. The number of hydrogen-bond acceptors (Lipinski definition) is 4. The quantitative estimate of drug-likeness (QED) is 0.577. The number of benzene rings is 2. The van der Waals surface area contributed by atoms with Gasteiger partial charge in [0.15, 0.2) is 0 Å². The number of amides is 4. The molecule has 2 heterocycles. The first kappa shape index (κ1) is 21.5. The van der Waals surface area contributed by atoms with Gasteiger partial charge in [0.2, 0.25) is 0 Å². The van der Waals surface area contributed by atoms with Crippen LogP contribution in [0.2, 0.25) is 0 Å². The summed E-state index contributed by atoms with van der Waals surface area (Å²) in [5.74, 6) is -1.19. The molecule has 0 spiro atoms. The van der Waals surface area contributed by atoms with Crippen LogP contribution in [0, 0.1) is 0 Å². The van der Waals surface area contributed by atoms with Gasteiger partial charge in [-0.2, -0.15) is 0 Å². The fraction of sp³-hybridized carbons (Fsp3) is 0.130. The summed E-state index contributed by atoms with van der Waals surface area (Å²) in [5.41, 5.74) is 6.55. The Morgan fingerprint density at radius 1 is 0.552 bits per heavy atom. The Bertz CT molecular complexity index is 922. The highest BCUT2D eigenvalue weighted by molar-refractivity contribution is 6.16. The number of nitrogens with one attached hydrogen (secondary N) is 2. The van der Waals surface area contributed by atoms with Gasteiger partial charge in [-0.1, -0.05) is 56.0 Å². The molecule has 0 atom stereocenters. The molecule has 5 rings (SSSR count). The van der Waals surface area contributed by atoms with Crippen molar-refractivity contribution < 1.29 is 19.2 Å². The lowest BCUT2D eigenvalue weighted by Crippen LogP contribution is -2.21. The summed E-state index contributed by atoms with van der Waals surface area (Å²) in [6, 6.07) is 17.1. The molecule has 1 aliphatic carbocycles. The molecule has 2 aromatic rings. The highest BCUT2D eigenvalue weighted by atomic mass is 16.2. The van der Waals surface area contributed by atoms with E-state index in [1.54, 1.807) is 13.8 Å². The van der Waals surface area contributed by atoms with E-state index in [1.165, 1.54) is 34.4 Å². The van der Waals surface area contributed by atoms with Crippen LogP contribution in [0.1, 0.15) is 21.3 Å². The number of imide groups is 2. The lowest BCUT2D eigenvalue weighted by atomic mass is 9.81. The first-order valence-electron chi connectivity index (χ1n) is 8.63. The average Bonchev–Trinajstić information content (AvgIpc) is 3.11. The standard InChI is InChI=1S/C12H8.2C5H5NO2.CH4/c1-2-6-10-9(5-1)11-7-3-4-8-12(10)11;2*1-3-2-4(7)6-5(3)8;/h1-8H;2*2H,1H3,(H,6,7,8);1H4. The van der Waals surface area contributed by atoms with E-state index in [2.05, 4.69) is 59.2 Å². The Hall–Kier alpha value is -3.80. The fourth-order valence-corrected chi connectivity index (χ4v) is 2.86. The summed E-state index contributed by atoms with van der Waals surface area (Å²) in [6.07, 6.45) is 2.56. The zero-order chi connectivity index (χ0) is 20.3. The van der Waals surface area contributed by atoms with Crippen LogP contribution in [0.25, 0.3) is 22.3 Å². The molecule has 0 saturated carbocycles. The second-order valence-corrected chi connectivity index (χ2v) is 6.38. The van der Waals surface area contributed by atoms with Crippen molar-refractivity contribution in [3.63, 3.8) is 0 Å². The molecule has 2 N–H and O–H groups in total. The van der Waals surface area contributed by atoms with E-state index in [0.717, 1.165) is 0 Å². The molecule has 2 aliphatic heterocycles. The van der Waals surface area contributed by atoms with E-state index < -0.39 is 0 Å². The van der Waals surface area contributed by atoms with Crippen molar-refractivity contribution in [3.05, 3.63) is 71.8 Å². The molecule has 0 unspecified atom stereocenters. The maximum absolute atomic E-state index is 10.4. The topological polar surface area (TPSA) is 92.3 Å². The van der Waals surface area contributed by atoms with Gasteiger partial charge >= 0.3 is 0 Å². The number of rotatable bonds is 0. The van der Waals surface area contributed by atoms with Crippen molar-refractivity contribution in [1.82, 2.24) is 10.6 Å². The Morgan fingerprint density at radius 3 is 0.966 bits per heavy atom. The summed E-state index contributed by atoms with van der Waals surface area (Å²) in [5, 5.41) is 4.19. The number of hydrogen-bond donors (Lipinski definition) is 2. The van der Waals surface area contributed by atoms with Crippen LogP contribution in [0.4, 0.5) is 0 Å². The normalized spacial score (nSPS) is 14.8. The second-order valence-electron chi connectivity index (χ2n) is 6.38. The van der Waals surface area contributed by atoms with Gasteiger partial charge in [-0.25, -0.2) is 0 Å². The molecule has 3 aliphatic rings. The third-order valence-corrected chi connectivity index (χ3v) is 4.32. The summed E-state index contributed by atoms with van der Waals surface area (Å²) in [4.78, 5) is 41.3. The third-order valence-electron chi connectivity index (χ3n) is 4.32. The van der Waals surface area contributed by atoms with Crippen LogP contribution in [0.15, 0.2) is 71.8 Å². The molecule has 0 aromatic heterocycles. The van der Waals surface area contributed by atoms with Gasteiger partial charge in [-0.15, -0.1) is 0 Å². The average molecular weight is 390 g/mol. The molecule has 148 valence electrons. The minimum atomic E-state index is -0.312. The molecule has 0 fully saturated rings. The Labute approximate surface area is 169 Å². The molecule has 4 amide bonds. The Kier molecular flexibility index (Phi) is 6.62. The fourth-order valence-electron chi connectivity index (χ4n) is 2.86. The summed E-state index contributed by atoms with van der Waals surface area (Å²) < 4.78 is 0. The highest BCUT2D eigenvalue weighted by Gasteiger charge is 2.19. The smallest absolute Gasteiger partial charge is 0.253 e. The second kappa shape index (κ2) is 8.93. The largest absolute Gasteiger partial charge is 0.289 e. The van der Waals surface area contributed by atoms with Crippen molar-refractivity contribution in [2.75, 3.05) is 0 Å². The molecular formula is C23H22N2O4. The molecule has 6 heteroatoms. The first-order chi connectivity index (χ1) is 13.4. The van der Waals surface area contributed by atoms with Gasteiger partial charge in [0.05, 0.1) is 0 Å². The van der Waals surface area contributed by atoms with Crippen LogP contribution in [0.5, 0.6) is 0 Å². The summed E-state index contributed by atoms with van der Waals surface area (Å²) in [6.45, 7) is 3.19. The molecular weight excluding hydrogens is 368 g/mol.